The van der Waals surface area contributed by atoms with Gasteiger partial charge in [0.05, 0.1) is 5.60 Å². The lowest BCUT2D eigenvalue weighted by molar-refractivity contribution is -0.0460. The number of rotatable bonds is 1. The van der Waals surface area contributed by atoms with E-state index in [4.69, 9.17) is 4.74 Å². The first kappa shape index (κ1) is 13.3. The van der Waals surface area contributed by atoms with Crippen molar-refractivity contribution in [2.75, 3.05) is 7.11 Å². The number of methoxy groups -OCH3 is 1. The van der Waals surface area contributed by atoms with Crippen molar-refractivity contribution in [1.29, 1.82) is 0 Å². The van der Waals surface area contributed by atoms with Crippen LogP contribution >= 0.6 is 15.9 Å². The molecule has 1 saturated carbocycles. The average molecular weight is 323 g/mol. The van der Waals surface area contributed by atoms with Gasteiger partial charge in [-0.1, -0.05) is 22.0 Å². The summed E-state index contributed by atoms with van der Waals surface area (Å²) in [7, 11) is 1.78. The van der Waals surface area contributed by atoms with Crippen LogP contribution in [0.2, 0.25) is 0 Å². The number of ketones is 1. The Morgan fingerprint density at radius 3 is 2.53 bits per heavy atom. The van der Waals surface area contributed by atoms with E-state index < -0.39 is 0 Å². The van der Waals surface area contributed by atoms with E-state index in [2.05, 4.69) is 28.9 Å². The van der Waals surface area contributed by atoms with E-state index in [1.165, 1.54) is 5.56 Å². The highest BCUT2D eigenvalue weighted by Crippen LogP contribution is 2.50. The summed E-state index contributed by atoms with van der Waals surface area (Å²) in [5, 5.41) is 0. The molecule has 0 N–H and O–H groups in total. The van der Waals surface area contributed by atoms with Gasteiger partial charge in [0.15, 0.2) is 5.78 Å². The molecule has 0 unspecified atom stereocenters. The predicted octanol–water partition coefficient (Wildman–Crippen LogP) is 4.15. The molecule has 0 aliphatic heterocycles. The average Bonchev–Trinajstić information content (AvgIpc) is 2.68. The second-order valence-electron chi connectivity index (χ2n) is 6.24. The Labute approximate surface area is 122 Å². The van der Waals surface area contributed by atoms with E-state index in [0.29, 0.717) is 5.78 Å². The number of carbonyl (C=O) groups is 1. The van der Waals surface area contributed by atoms with Gasteiger partial charge >= 0.3 is 0 Å². The molecule has 1 aromatic rings. The van der Waals surface area contributed by atoms with Crippen molar-refractivity contribution in [3.8, 4) is 0 Å². The van der Waals surface area contributed by atoms with E-state index in [1.54, 1.807) is 7.11 Å². The summed E-state index contributed by atoms with van der Waals surface area (Å²) in [6.45, 7) is 2.16. The first-order valence-electron chi connectivity index (χ1n) is 6.86. The molecule has 1 fully saturated rings. The summed E-state index contributed by atoms with van der Waals surface area (Å²) in [5.74, 6) is 0.349. The van der Waals surface area contributed by atoms with Gasteiger partial charge in [0.2, 0.25) is 0 Å². The monoisotopic (exact) mass is 322 g/mol. The normalized spacial score (nSPS) is 33.7. The summed E-state index contributed by atoms with van der Waals surface area (Å²) in [6.07, 6.45) is 4.76. The lowest BCUT2D eigenvalue weighted by atomic mass is 9.67. The minimum Gasteiger partial charge on any atom is -0.379 e. The maximum atomic E-state index is 12.8. The Morgan fingerprint density at radius 2 is 1.89 bits per heavy atom. The van der Waals surface area contributed by atoms with Crippen LogP contribution in [0.25, 0.3) is 0 Å². The van der Waals surface area contributed by atoms with Crippen LogP contribution in [0.1, 0.15) is 48.5 Å². The Kier molecular flexibility index (Phi) is 3.10. The number of ether oxygens (including phenoxy) is 1. The highest BCUT2D eigenvalue weighted by atomic mass is 79.9. The number of halogens is 1. The number of carbonyl (C=O) groups excluding carboxylic acids is 1. The lowest BCUT2D eigenvalue weighted by Crippen LogP contribution is -2.41. The van der Waals surface area contributed by atoms with Crippen LogP contribution in [-0.2, 0) is 11.2 Å². The molecule has 0 atom stereocenters. The van der Waals surface area contributed by atoms with Gasteiger partial charge in [0.25, 0.3) is 0 Å². The summed E-state index contributed by atoms with van der Waals surface area (Å²) < 4.78 is 6.59. The second-order valence-corrected chi connectivity index (χ2v) is 7.16. The molecule has 2 nitrogen and oxygen atoms in total. The topological polar surface area (TPSA) is 26.3 Å². The summed E-state index contributed by atoms with van der Waals surface area (Å²) in [5.41, 5.74) is 1.95. The fourth-order valence-electron chi connectivity index (χ4n) is 3.51. The Morgan fingerprint density at radius 1 is 1.21 bits per heavy atom. The first-order chi connectivity index (χ1) is 8.98. The van der Waals surface area contributed by atoms with Crippen LogP contribution in [-0.4, -0.2) is 18.5 Å². The van der Waals surface area contributed by atoms with Crippen molar-refractivity contribution in [2.24, 2.45) is 5.41 Å². The smallest absolute Gasteiger partial charge is 0.169 e. The van der Waals surface area contributed by atoms with Gasteiger partial charge < -0.3 is 4.74 Å². The third kappa shape index (κ3) is 2.07. The molecule has 0 radical (unpaired) electrons. The first-order valence-corrected chi connectivity index (χ1v) is 7.66. The second kappa shape index (κ2) is 4.42. The number of benzene rings is 1. The molecule has 0 saturated heterocycles. The molecular formula is C16H19BrO2. The van der Waals surface area contributed by atoms with E-state index in [9.17, 15) is 4.79 Å². The third-order valence-corrected chi connectivity index (χ3v) is 5.58. The number of Topliss-reactive ketones (excluding diaryl/α,β-unsaturated/α-hetero) is 1. The molecule has 2 aliphatic rings. The van der Waals surface area contributed by atoms with Crippen molar-refractivity contribution in [3.63, 3.8) is 0 Å². The highest BCUT2D eigenvalue weighted by Gasteiger charge is 2.49. The third-order valence-electron chi connectivity index (χ3n) is 5.08. The van der Waals surface area contributed by atoms with Crippen LogP contribution in [0.3, 0.4) is 0 Å². The van der Waals surface area contributed by atoms with Gasteiger partial charge in [-0.25, -0.2) is 0 Å². The van der Waals surface area contributed by atoms with E-state index in [-0.39, 0.29) is 11.0 Å². The van der Waals surface area contributed by atoms with Crippen LogP contribution in [0, 0.1) is 5.41 Å². The SMILES string of the molecule is COC1(C)CCC2(CC1)Cc1ccc(Br)cc1C2=O. The van der Waals surface area contributed by atoms with Crippen molar-refractivity contribution in [2.45, 2.75) is 44.6 Å². The predicted molar refractivity (Wildman–Crippen MR) is 78.5 cm³/mol. The fraction of sp³-hybridized carbons (Fsp3) is 0.562. The van der Waals surface area contributed by atoms with E-state index >= 15 is 0 Å². The van der Waals surface area contributed by atoms with Crippen LogP contribution < -0.4 is 0 Å². The zero-order valence-electron chi connectivity index (χ0n) is 11.5. The quantitative estimate of drug-likeness (QED) is 0.776. The molecule has 1 spiro atoms. The number of hydrogen-bond acceptors (Lipinski definition) is 2. The lowest BCUT2D eigenvalue weighted by Gasteiger charge is -2.41. The Hall–Kier alpha value is -0.670. The summed E-state index contributed by atoms with van der Waals surface area (Å²) >= 11 is 3.46. The molecular weight excluding hydrogens is 304 g/mol. The van der Waals surface area contributed by atoms with Crippen molar-refractivity contribution in [1.82, 2.24) is 0 Å². The highest BCUT2D eigenvalue weighted by molar-refractivity contribution is 9.10. The molecule has 0 heterocycles. The van der Waals surface area contributed by atoms with Crippen molar-refractivity contribution >= 4 is 21.7 Å². The van der Waals surface area contributed by atoms with E-state index in [1.807, 2.05) is 12.1 Å². The van der Waals surface area contributed by atoms with Crippen LogP contribution in [0.5, 0.6) is 0 Å². The van der Waals surface area contributed by atoms with Gasteiger partial charge in [-0.2, -0.15) is 0 Å². The molecule has 1 aromatic carbocycles. The minimum absolute atomic E-state index is 0.0408. The largest absolute Gasteiger partial charge is 0.379 e. The van der Waals surface area contributed by atoms with Gasteiger partial charge in [-0.15, -0.1) is 0 Å². The summed E-state index contributed by atoms with van der Waals surface area (Å²) in [6, 6.07) is 6.11. The maximum absolute atomic E-state index is 12.8. The molecule has 2 aliphatic carbocycles. The molecule has 0 amide bonds. The number of hydrogen-bond donors (Lipinski definition) is 0. The van der Waals surface area contributed by atoms with Crippen molar-refractivity contribution < 1.29 is 9.53 Å². The standard InChI is InChI=1S/C16H19BrO2/c1-15(19-2)5-7-16(8-6-15)10-11-3-4-12(17)9-13(11)14(16)18/h3-4,9H,5-8,10H2,1-2H3. The Balaban J connectivity index is 1.88. The molecule has 0 aromatic heterocycles. The molecule has 19 heavy (non-hydrogen) atoms. The zero-order chi connectivity index (χ0) is 13.7. The minimum atomic E-state index is -0.152. The fourth-order valence-corrected chi connectivity index (χ4v) is 3.87. The number of fused-ring (bicyclic) bond motifs is 1. The zero-order valence-corrected chi connectivity index (χ0v) is 13.0. The molecule has 102 valence electrons. The maximum Gasteiger partial charge on any atom is 0.169 e. The van der Waals surface area contributed by atoms with Gasteiger partial charge in [-0.3, -0.25) is 4.79 Å². The Bertz CT molecular complexity index is 528. The molecule has 3 rings (SSSR count). The van der Waals surface area contributed by atoms with Crippen LogP contribution in [0.4, 0.5) is 0 Å². The van der Waals surface area contributed by atoms with Crippen molar-refractivity contribution in [3.05, 3.63) is 33.8 Å². The molecule has 0 bridgehead atoms. The van der Waals surface area contributed by atoms with Crippen LogP contribution in [0.15, 0.2) is 22.7 Å². The summed E-state index contributed by atoms with van der Waals surface area (Å²) in [4.78, 5) is 12.8. The van der Waals surface area contributed by atoms with Gasteiger partial charge in [-0.05, 0) is 56.7 Å². The van der Waals surface area contributed by atoms with Gasteiger partial charge in [0.1, 0.15) is 0 Å². The molecule has 3 heteroatoms. The van der Waals surface area contributed by atoms with E-state index in [0.717, 1.165) is 42.1 Å². The van der Waals surface area contributed by atoms with Gasteiger partial charge in [0, 0.05) is 22.6 Å².